The van der Waals surface area contributed by atoms with E-state index in [4.69, 9.17) is 9.47 Å². The van der Waals surface area contributed by atoms with Crippen LogP contribution in [-0.2, 0) is 23.9 Å². The van der Waals surface area contributed by atoms with Crippen molar-refractivity contribution >= 4 is 17.7 Å². The van der Waals surface area contributed by atoms with Crippen LogP contribution < -0.4 is 0 Å². The van der Waals surface area contributed by atoms with Crippen LogP contribution >= 0.6 is 0 Å². The fraction of sp³-hybridized carbons (Fsp3) is 0.850. The van der Waals surface area contributed by atoms with E-state index in [1.807, 2.05) is 6.92 Å². The molecule has 0 aromatic carbocycles. The van der Waals surface area contributed by atoms with Crippen LogP contribution in [0.3, 0.4) is 0 Å². The molecule has 25 heavy (non-hydrogen) atoms. The van der Waals surface area contributed by atoms with Crippen molar-refractivity contribution in [2.45, 2.75) is 71.0 Å². The summed E-state index contributed by atoms with van der Waals surface area (Å²) >= 11 is 0. The Labute approximate surface area is 147 Å². The van der Waals surface area contributed by atoms with E-state index in [0.29, 0.717) is 24.0 Å². The largest absolute Gasteiger partial charge is 0.458 e. The van der Waals surface area contributed by atoms with Gasteiger partial charge in [-0.15, -0.1) is 0 Å². The zero-order chi connectivity index (χ0) is 17.6. The van der Waals surface area contributed by atoms with Crippen molar-refractivity contribution in [3.8, 4) is 0 Å². The third-order valence-corrected chi connectivity index (χ3v) is 8.32. The third kappa shape index (κ3) is 1.82. The summed E-state index contributed by atoms with van der Waals surface area (Å²) in [6.45, 7) is 3.46. The second kappa shape index (κ2) is 4.86. The van der Waals surface area contributed by atoms with Crippen LogP contribution in [0, 0.1) is 34.5 Å². The van der Waals surface area contributed by atoms with Gasteiger partial charge in [-0.2, -0.15) is 0 Å². The van der Waals surface area contributed by atoms with Crippen LogP contribution in [0.25, 0.3) is 0 Å². The van der Waals surface area contributed by atoms with Gasteiger partial charge in [-0.05, 0) is 50.9 Å². The molecule has 5 nitrogen and oxygen atoms in total. The molecule has 0 unspecified atom stereocenters. The van der Waals surface area contributed by atoms with Crippen LogP contribution in [-0.4, -0.2) is 29.9 Å². The molecule has 136 valence electrons. The first kappa shape index (κ1) is 15.8. The number of rotatable bonds is 1. The number of Topliss-reactive ketones (excluding diaryl/α,β-unsaturated/α-hetero) is 1. The number of carbonyl (C=O) groups is 3. The lowest BCUT2D eigenvalue weighted by Crippen LogP contribution is -2.62. The molecule has 1 spiro atoms. The summed E-state index contributed by atoms with van der Waals surface area (Å²) in [5, 5.41) is 0. The molecule has 0 aromatic rings. The highest BCUT2D eigenvalue weighted by Crippen LogP contribution is 2.69. The molecule has 1 heterocycles. The van der Waals surface area contributed by atoms with Gasteiger partial charge >= 0.3 is 11.9 Å². The average Bonchev–Trinajstić information content (AvgIpc) is 2.96. The maximum atomic E-state index is 12.7. The monoisotopic (exact) mass is 346 g/mol. The summed E-state index contributed by atoms with van der Waals surface area (Å²) in [5.74, 6) is 0.877. The number of ketones is 1. The predicted molar refractivity (Wildman–Crippen MR) is 87.3 cm³/mol. The zero-order valence-corrected chi connectivity index (χ0v) is 15.0. The number of hydrogen-bond donors (Lipinski definition) is 0. The fourth-order valence-electron chi connectivity index (χ4n) is 7.49. The second-order valence-electron chi connectivity index (χ2n) is 9.36. The van der Waals surface area contributed by atoms with Crippen molar-refractivity contribution in [2.24, 2.45) is 34.5 Å². The average molecular weight is 346 g/mol. The summed E-state index contributed by atoms with van der Waals surface area (Å²) < 4.78 is 11.7. The number of carbonyl (C=O) groups excluding carboxylic acids is 3. The third-order valence-electron chi connectivity index (χ3n) is 8.32. The Bertz CT molecular complexity index is 671. The number of esters is 2. The van der Waals surface area contributed by atoms with E-state index in [9.17, 15) is 14.4 Å². The van der Waals surface area contributed by atoms with Crippen molar-refractivity contribution in [1.82, 2.24) is 0 Å². The smallest absolute Gasteiger partial charge is 0.312 e. The highest BCUT2D eigenvalue weighted by atomic mass is 16.6. The van der Waals surface area contributed by atoms with Crippen LogP contribution in [0.1, 0.15) is 58.8 Å². The first-order valence-electron chi connectivity index (χ1n) is 9.78. The minimum absolute atomic E-state index is 0.109. The summed E-state index contributed by atoms with van der Waals surface area (Å²) in [6, 6.07) is 0. The molecular weight excluding hydrogens is 320 g/mol. The summed E-state index contributed by atoms with van der Waals surface area (Å²) in [4.78, 5) is 37.2. The van der Waals surface area contributed by atoms with Gasteiger partial charge in [0.1, 0.15) is 18.0 Å². The molecule has 4 saturated carbocycles. The van der Waals surface area contributed by atoms with Crippen molar-refractivity contribution in [3.63, 3.8) is 0 Å². The number of fused-ring (bicyclic) bond motifs is 2. The van der Waals surface area contributed by atoms with Gasteiger partial charge in [0.2, 0.25) is 0 Å². The van der Waals surface area contributed by atoms with E-state index < -0.39 is 11.5 Å². The lowest BCUT2D eigenvalue weighted by molar-refractivity contribution is -0.208. The molecule has 4 aliphatic carbocycles. The minimum atomic E-state index is -0.451. The second-order valence-corrected chi connectivity index (χ2v) is 9.36. The van der Waals surface area contributed by atoms with Gasteiger partial charge in [-0.3, -0.25) is 14.4 Å². The highest BCUT2D eigenvalue weighted by Gasteiger charge is 2.73. The fourth-order valence-corrected chi connectivity index (χ4v) is 7.49. The Morgan fingerprint density at radius 3 is 2.80 bits per heavy atom. The Balaban J connectivity index is 1.65. The molecular formula is C20H26O5. The quantitative estimate of drug-likeness (QED) is 0.683. The lowest BCUT2D eigenvalue weighted by Gasteiger charge is -2.58. The van der Waals surface area contributed by atoms with E-state index in [0.717, 1.165) is 38.5 Å². The topological polar surface area (TPSA) is 69.7 Å². The van der Waals surface area contributed by atoms with Crippen LogP contribution in [0.5, 0.6) is 0 Å². The van der Waals surface area contributed by atoms with E-state index in [1.165, 1.54) is 6.92 Å². The molecule has 2 bridgehead atoms. The van der Waals surface area contributed by atoms with Crippen molar-refractivity contribution in [3.05, 3.63) is 0 Å². The Morgan fingerprint density at radius 1 is 1.24 bits per heavy atom. The molecule has 8 atom stereocenters. The van der Waals surface area contributed by atoms with E-state index >= 15 is 0 Å². The van der Waals surface area contributed by atoms with Gasteiger partial charge in [-0.1, -0.05) is 6.42 Å². The maximum absolute atomic E-state index is 12.7. The summed E-state index contributed by atoms with van der Waals surface area (Å²) in [6.07, 6.45) is 5.47. The number of ether oxygens (including phenoxy) is 2. The highest BCUT2D eigenvalue weighted by molar-refractivity contribution is 5.85. The van der Waals surface area contributed by atoms with E-state index in [1.54, 1.807) is 0 Å². The summed E-state index contributed by atoms with van der Waals surface area (Å²) in [5.41, 5.74) is -0.757. The Hall–Kier alpha value is -1.39. The van der Waals surface area contributed by atoms with Gasteiger partial charge in [0.25, 0.3) is 0 Å². The Morgan fingerprint density at radius 2 is 2.04 bits per heavy atom. The molecule has 0 amide bonds. The standard InChI is InChI=1S/C20H26O5/c1-10(21)24-17-16-15-12(4-3-7-19(15,2)18(23)25-16)13-6-5-11-8-20(13,17)9-14(11)22/h11-13,15-17H,3-9H2,1-2H3/t11-,12-,13-,15-,16+,17+,19+,20-/m0/s1. The number of hydrogen-bond acceptors (Lipinski definition) is 5. The van der Waals surface area contributed by atoms with E-state index in [-0.39, 0.29) is 35.3 Å². The van der Waals surface area contributed by atoms with Crippen LogP contribution in [0.15, 0.2) is 0 Å². The van der Waals surface area contributed by atoms with Crippen molar-refractivity contribution < 1.29 is 23.9 Å². The SMILES string of the molecule is CC(=O)O[C@@H]1[C@@H]2OC(=O)[C@]3(C)CCC[C@H]([C@@H]23)[C@@H]2CC[C@H]3C[C@@]12CC3=O. The first-order valence-corrected chi connectivity index (χ1v) is 9.78. The summed E-state index contributed by atoms with van der Waals surface area (Å²) in [7, 11) is 0. The van der Waals surface area contributed by atoms with E-state index in [2.05, 4.69) is 0 Å². The normalized spacial score (nSPS) is 53.0. The first-order chi connectivity index (χ1) is 11.9. The molecule has 0 N–H and O–H groups in total. The van der Waals surface area contributed by atoms with Gasteiger partial charge < -0.3 is 9.47 Å². The molecule has 0 radical (unpaired) electrons. The Kier molecular flexibility index (Phi) is 3.08. The van der Waals surface area contributed by atoms with Gasteiger partial charge in [0, 0.05) is 30.6 Å². The van der Waals surface area contributed by atoms with Crippen molar-refractivity contribution in [2.75, 3.05) is 0 Å². The molecule has 5 heteroatoms. The van der Waals surface area contributed by atoms with Crippen LogP contribution in [0.2, 0.25) is 0 Å². The molecule has 1 aliphatic heterocycles. The molecule has 5 fully saturated rings. The van der Waals surface area contributed by atoms with Gasteiger partial charge in [0.15, 0.2) is 0 Å². The molecule has 5 rings (SSSR count). The minimum Gasteiger partial charge on any atom is -0.458 e. The lowest BCUT2D eigenvalue weighted by atomic mass is 9.46. The van der Waals surface area contributed by atoms with Gasteiger partial charge in [0.05, 0.1) is 5.41 Å². The van der Waals surface area contributed by atoms with Gasteiger partial charge in [-0.25, -0.2) is 0 Å². The predicted octanol–water partition coefficient (Wildman–Crippen LogP) is 2.66. The maximum Gasteiger partial charge on any atom is 0.312 e. The van der Waals surface area contributed by atoms with Crippen LogP contribution in [0.4, 0.5) is 0 Å². The molecule has 0 aromatic heterocycles. The molecule has 5 aliphatic rings. The van der Waals surface area contributed by atoms with Crippen molar-refractivity contribution in [1.29, 1.82) is 0 Å². The zero-order valence-electron chi connectivity index (χ0n) is 15.0. The molecule has 1 saturated heterocycles.